The minimum absolute atomic E-state index is 0.367. The van der Waals surface area contributed by atoms with E-state index in [9.17, 15) is 0 Å². The first-order valence-corrected chi connectivity index (χ1v) is 6.36. The van der Waals surface area contributed by atoms with Gasteiger partial charge in [-0.3, -0.25) is 0 Å². The number of ether oxygens (including phenoxy) is 1. The fourth-order valence-corrected chi connectivity index (χ4v) is 2.45. The van der Waals surface area contributed by atoms with E-state index in [0.29, 0.717) is 5.54 Å². The fraction of sp³-hybridized carbons (Fsp3) is 0.571. The van der Waals surface area contributed by atoms with E-state index in [4.69, 9.17) is 10.5 Å². The molecule has 3 nitrogen and oxygen atoms in total. The van der Waals surface area contributed by atoms with Crippen LogP contribution in [0.25, 0.3) is 0 Å². The van der Waals surface area contributed by atoms with Crippen LogP contribution < -0.4 is 15.8 Å². The van der Waals surface area contributed by atoms with E-state index in [0.717, 1.165) is 18.0 Å². The van der Waals surface area contributed by atoms with Gasteiger partial charge in [0, 0.05) is 29.4 Å². The van der Waals surface area contributed by atoms with Crippen molar-refractivity contribution in [3.63, 3.8) is 0 Å². The SMILES string of the molecule is CCC1(NCc2ccc(N)cc2OC)CCC1. The van der Waals surface area contributed by atoms with Gasteiger partial charge in [-0.05, 0) is 31.7 Å². The first-order chi connectivity index (χ1) is 8.19. The molecule has 0 aromatic heterocycles. The quantitative estimate of drug-likeness (QED) is 0.770. The molecule has 2 rings (SSSR count). The number of anilines is 1. The largest absolute Gasteiger partial charge is 0.496 e. The van der Waals surface area contributed by atoms with Gasteiger partial charge in [0.2, 0.25) is 0 Å². The van der Waals surface area contributed by atoms with Crippen molar-refractivity contribution in [1.29, 1.82) is 0 Å². The summed E-state index contributed by atoms with van der Waals surface area (Å²) < 4.78 is 5.36. The molecular weight excluding hydrogens is 212 g/mol. The average molecular weight is 234 g/mol. The fourth-order valence-electron chi connectivity index (χ4n) is 2.45. The monoisotopic (exact) mass is 234 g/mol. The molecule has 1 aliphatic carbocycles. The Kier molecular flexibility index (Phi) is 3.57. The highest BCUT2D eigenvalue weighted by atomic mass is 16.5. The Bertz CT molecular complexity index is 380. The highest BCUT2D eigenvalue weighted by Crippen LogP contribution is 2.35. The van der Waals surface area contributed by atoms with E-state index in [2.05, 4.69) is 12.2 Å². The molecule has 0 aliphatic heterocycles. The zero-order chi connectivity index (χ0) is 12.3. The predicted octanol–water partition coefficient (Wildman–Crippen LogP) is 2.70. The molecule has 0 spiro atoms. The van der Waals surface area contributed by atoms with Crippen molar-refractivity contribution < 1.29 is 4.74 Å². The number of hydrogen-bond donors (Lipinski definition) is 2. The van der Waals surface area contributed by atoms with Crippen LogP contribution in [0.15, 0.2) is 18.2 Å². The van der Waals surface area contributed by atoms with Crippen LogP contribution in [0.2, 0.25) is 0 Å². The first-order valence-electron chi connectivity index (χ1n) is 6.36. The van der Waals surface area contributed by atoms with E-state index < -0.39 is 0 Å². The van der Waals surface area contributed by atoms with Crippen LogP contribution in [-0.2, 0) is 6.54 Å². The maximum atomic E-state index is 5.75. The van der Waals surface area contributed by atoms with Crippen LogP contribution in [0.5, 0.6) is 5.75 Å². The number of rotatable bonds is 5. The summed E-state index contributed by atoms with van der Waals surface area (Å²) in [6, 6.07) is 5.86. The Balaban J connectivity index is 2.03. The maximum Gasteiger partial charge on any atom is 0.125 e. The second kappa shape index (κ2) is 4.96. The van der Waals surface area contributed by atoms with Crippen molar-refractivity contribution in [2.75, 3.05) is 12.8 Å². The highest BCUT2D eigenvalue weighted by Gasteiger charge is 2.34. The van der Waals surface area contributed by atoms with Gasteiger partial charge < -0.3 is 15.8 Å². The third-order valence-corrected chi connectivity index (χ3v) is 3.95. The topological polar surface area (TPSA) is 47.3 Å². The molecule has 1 aromatic rings. The number of benzene rings is 1. The van der Waals surface area contributed by atoms with Crippen LogP contribution >= 0.6 is 0 Å². The molecule has 17 heavy (non-hydrogen) atoms. The van der Waals surface area contributed by atoms with Gasteiger partial charge in [0.1, 0.15) is 5.75 Å². The predicted molar refractivity (Wildman–Crippen MR) is 71.1 cm³/mol. The van der Waals surface area contributed by atoms with Gasteiger partial charge in [0.25, 0.3) is 0 Å². The summed E-state index contributed by atoms with van der Waals surface area (Å²) >= 11 is 0. The van der Waals surface area contributed by atoms with Gasteiger partial charge in [0.05, 0.1) is 7.11 Å². The minimum Gasteiger partial charge on any atom is -0.496 e. The lowest BCUT2D eigenvalue weighted by atomic mass is 9.75. The smallest absolute Gasteiger partial charge is 0.125 e. The summed E-state index contributed by atoms with van der Waals surface area (Å²) in [5.74, 6) is 0.878. The summed E-state index contributed by atoms with van der Waals surface area (Å²) in [6.07, 6.45) is 5.13. The van der Waals surface area contributed by atoms with Crippen molar-refractivity contribution in [1.82, 2.24) is 5.32 Å². The Hall–Kier alpha value is -1.22. The minimum atomic E-state index is 0.367. The normalized spacial score (nSPS) is 17.5. The van der Waals surface area contributed by atoms with E-state index in [1.807, 2.05) is 18.2 Å². The molecule has 0 saturated heterocycles. The zero-order valence-corrected chi connectivity index (χ0v) is 10.8. The molecule has 0 unspecified atom stereocenters. The van der Waals surface area contributed by atoms with E-state index in [1.165, 1.54) is 31.2 Å². The van der Waals surface area contributed by atoms with Crippen LogP contribution in [0.1, 0.15) is 38.2 Å². The third kappa shape index (κ3) is 2.55. The third-order valence-electron chi connectivity index (χ3n) is 3.95. The molecular formula is C14H22N2O. The van der Waals surface area contributed by atoms with Crippen molar-refractivity contribution >= 4 is 5.69 Å². The molecule has 0 bridgehead atoms. The summed E-state index contributed by atoms with van der Waals surface area (Å²) in [4.78, 5) is 0. The summed E-state index contributed by atoms with van der Waals surface area (Å²) in [5.41, 5.74) is 8.05. The second-order valence-electron chi connectivity index (χ2n) is 4.91. The van der Waals surface area contributed by atoms with Gasteiger partial charge in [-0.25, -0.2) is 0 Å². The molecule has 0 atom stereocenters. The van der Waals surface area contributed by atoms with Crippen molar-refractivity contribution in [3.8, 4) is 5.75 Å². The summed E-state index contributed by atoms with van der Waals surface area (Å²) in [7, 11) is 1.69. The molecule has 3 N–H and O–H groups in total. The van der Waals surface area contributed by atoms with Crippen molar-refractivity contribution in [2.24, 2.45) is 0 Å². The molecule has 3 heteroatoms. The first kappa shape index (κ1) is 12.2. The average Bonchev–Trinajstić information content (AvgIpc) is 2.29. The van der Waals surface area contributed by atoms with Crippen LogP contribution in [0.3, 0.4) is 0 Å². The number of hydrogen-bond acceptors (Lipinski definition) is 3. The summed E-state index contributed by atoms with van der Waals surface area (Å²) in [5, 5.41) is 3.67. The second-order valence-corrected chi connectivity index (χ2v) is 4.91. The van der Waals surface area contributed by atoms with Crippen LogP contribution in [0.4, 0.5) is 5.69 Å². The number of nitrogen functional groups attached to an aromatic ring is 1. The molecule has 1 aromatic carbocycles. The number of methoxy groups -OCH3 is 1. The lowest BCUT2D eigenvalue weighted by molar-refractivity contribution is 0.175. The highest BCUT2D eigenvalue weighted by molar-refractivity contribution is 5.48. The summed E-state index contributed by atoms with van der Waals surface area (Å²) in [6.45, 7) is 3.11. The van der Waals surface area contributed by atoms with E-state index in [-0.39, 0.29) is 0 Å². The molecule has 0 heterocycles. The lowest BCUT2D eigenvalue weighted by Gasteiger charge is -2.42. The van der Waals surface area contributed by atoms with Gasteiger partial charge in [0.15, 0.2) is 0 Å². The number of nitrogens with one attached hydrogen (secondary N) is 1. The van der Waals surface area contributed by atoms with Crippen LogP contribution in [0, 0.1) is 0 Å². The molecule has 1 fully saturated rings. The Labute approximate surface area is 103 Å². The molecule has 1 saturated carbocycles. The Morgan fingerprint density at radius 3 is 2.71 bits per heavy atom. The van der Waals surface area contributed by atoms with Crippen molar-refractivity contribution in [2.45, 2.75) is 44.7 Å². The van der Waals surface area contributed by atoms with Crippen LogP contribution in [-0.4, -0.2) is 12.6 Å². The van der Waals surface area contributed by atoms with Gasteiger partial charge >= 0.3 is 0 Å². The molecule has 94 valence electrons. The zero-order valence-electron chi connectivity index (χ0n) is 10.8. The Morgan fingerprint density at radius 2 is 2.18 bits per heavy atom. The lowest BCUT2D eigenvalue weighted by Crippen LogP contribution is -2.49. The molecule has 0 radical (unpaired) electrons. The van der Waals surface area contributed by atoms with E-state index in [1.54, 1.807) is 7.11 Å². The number of nitrogens with two attached hydrogens (primary N) is 1. The van der Waals surface area contributed by atoms with Gasteiger partial charge in [-0.2, -0.15) is 0 Å². The maximum absolute atomic E-state index is 5.75. The Morgan fingerprint density at radius 1 is 1.41 bits per heavy atom. The van der Waals surface area contributed by atoms with Gasteiger partial charge in [-0.15, -0.1) is 0 Å². The van der Waals surface area contributed by atoms with Gasteiger partial charge in [-0.1, -0.05) is 13.0 Å². The van der Waals surface area contributed by atoms with Crippen molar-refractivity contribution in [3.05, 3.63) is 23.8 Å². The molecule has 1 aliphatic rings. The molecule has 0 amide bonds. The standard InChI is InChI=1S/C14H22N2O/c1-3-14(7-4-8-14)16-10-11-5-6-12(15)9-13(11)17-2/h5-6,9,16H,3-4,7-8,10,15H2,1-2H3. The van der Waals surface area contributed by atoms with E-state index >= 15 is 0 Å².